The molecule has 31 heavy (non-hydrogen) atoms. The number of nitrogens with zero attached hydrogens (tertiary/aromatic N) is 2. The third kappa shape index (κ3) is 5.64. The van der Waals surface area contributed by atoms with Gasteiger partial charge in [-0.15, -0.1) is 0 Å². The van der Waals surface area contributed by atoms with Crippen LogP contribution in [0.5, 0.6) is 5.75 Å². The van der Waals surface area contributed by atoms with Gasteiger partial charge in [0.15, 0.2) is 0 Å². The Labute approximate surface area is 185 Å². The number of carbonyl (C=O) groups is 1. The quantitative estimate of drug-likeness (QED) is 0.676. The Morgan fingerprint density at radius 3 is 2.19 bits per heavy atom. The fourth-order valence-corrected chi connectivity index (χ4v) is 4.70. The summed E-state index contributed by atoms with van der Waals surface area (Å²) in [6, 6.07) is 14.1. The van der Waals surface area contributed by atoms with Crippen LogP contribution < -0.4 is 10.1 Å². The Bertz CT molecular complexity index is 967. The summed E-state index contributed by atoms with van der Waals surface area (Å²) in [6.07, 6.45) is 3.55. The van der Waals surface area contributed by atoms with Crippen LogP contribution in [0.3, 0.4) is 0 Å². The van der Waals surface area contributed by atoms with E-state index < -0.39 is 10.0 Å². The van der Waals surface area contributed by atoms with E-state index in [9.17, 15) is 13.2 Å². The van der Waals surface area contributed by atoms with Gasteiger partial charge in [0.05, 0.1) is 18.0 Å². The number of methoxy groups -OCH3 is 1. The minimum absolute atomic E-state index is 0.0727. The van der Waals surface area contributed by atoms with Crippen molar-refractivity contribution in [2.24, 2.45) is 0 Å². The van der Waals surface area contributed by atoms with E-state index in [1.165, 1.54) is 32.6 Å². The summed E-state index contributed by atoms with van der Waals surface area (Å²) in [5.74, 6) is 0.585. The standard InChI is InChI=1S/C23H31N3O4S/c1-25(2)31(28,29)21-13-9-19(10-14-21)23(27)24-17-22(26-15-5-4-6-16-26)18-7-11-20(30-3)12-8-18/h7-14,22H,4-6,15-17H2,1-3H3,(H,24,27)/t22-/m0/s1. The second-order valence-electron chi connectivity index (χ2n) is 7.91. The summed E-state index contributed by atoms with van der Waals surface area (Å²) in [5, 5.41) is 3.03. The molecule has 1 fully saturated rings. The van der Waals surface area contributed by atoms with E-state index in [0.717, 1.165) is 41.5 Å². The normalized spacial score (nSPS) is 16.1. The molecule has 2 aromatic rings. The number of hydrogen-bond donors (Lipinski definition) is 1. The summed E-state index contributed by atoms with van der Waals surface area (Å²) in [6.45, 7) is 2.48. The predicted molar refractivity (Wildman–Crippen MR) is 121 cm³/mol. The van der Waals surface area contributed by atoms with Gasteiger partial charge >= 0.3 is 0 Å². The molecule has 1 aliphatic rings. The molecule has 1 heterocycles. The number of amides is 1. The first-order chi connectivity index (χ1) is 14.8. The monoisotopic (exact) mass is 445 g/mol. The first-order valence-corrected chi connectivity index (χ1v) is 12.0. The molecule has 8 heteroatoms. The van der Waals surface area contributed by atoms with Crippen LogP contribution in [0.2, 0.25) is 0 Å². The maximum Gasteiger partial charge on any atom is 0.251 e. The zero-order valence-corrected chi connectivity index (χ0v) is 19.2. The molecule has 0 radical (unpaired) electrons. The van der Waals surface area contributed by atoms with E-state index in [0.29, 0.717) is 12.1 Å². The average molecular weight is 446 g/mol. The van der Waals surface area contributed by atoms with E-state index in [2.05, 4.69) is 10.2 Å². The Balaban J connectivity index is 1.72. The van der Waals surface area contributed by atoms with Gasteiger partial charge in [-0.05, 0) is 67.9 Å². The first kappa shape index (κ1) is 23.2. The SMILES string of the molecule is COc1ccc([C@H](CNC(=O)c2ccc(S(=O)(=O)N(C)C)cc2)N2CCCCC2)cc1. The summed E-state index contributed by atoms with van der Waals surface area (Å²) < 4.78 is 30.9. The fourth-order valence-electron chi connectivity index (χ4n) is 3.79. The van der Waals surface area contributed by atoms with Crippen molar-refractivity contribution in [3.05, 3.63) is 59.7 Å². The fraction of sp³-hybridized carbons (Fsp3) is 0.435. The maximum absolute atomic E-state index is 12.7. The molecule has 1 atom stereocenters. The molecule has 0 unspecified atom stereocenters. The van der Waals surface area contributed by atoms with Crippen molar-refractivity contribution in [3.63, 3.8) is 0 Å². The molecule has 7 nitrogen and oxygen atoms in total. The van der Waals surface area contributed by atoms with Gasteiger partial charge in [0.25, 0.3) is 5.91 Å². The molecule has 1 saturated heterocycles. The summed E-state index contributed by atoms with van der Waals surface area (Å²) in [5.41, 5.74) is 1.57. The molecule has 0 saturated carbocycles. The van der Waals surface area contributed by atoms with Crippen molar-refractivity contribution in [2.45, 2.75) is 30.2 Å². The lowest BCUT2D eigenvalue weighted by atomic mass is 10.0. The molecule has 0 aromatic heterocycles. The number of benzene rings is 2. The molecule has 0 aliphatic carbocycles. The molecule has 168 valence electrons. The van der Waals surface area contributed by atoms with Crippen LogP contribution in [0.15, 0.2) is 53.4 Å². The minimum atomic E-state index is -3.52. The number of likely N-dealkylation sites (tertiary alicyclic amines) is 1. The molecular formula is C23H31N3O4S. The second kappa shape index (κ2) is 10.3. The summed E-state index contributed by atoms with van der Waals surface area (Å²) in [4.78, 5) is 15.3. The van der Waals surface area contributed by atoms with Crippen molar-refractivity contribution in [2.75, 3.05) is 40.8 Å². The third-order valence-electron chi connectivity index (χ3n) is 5.68. The molecule has 1 N–H and O–H groups in total. The number of nitrogens with one attached hydrogen (secondary N) is 1. The summed E-state index contributed by atoms with van der Waals surface area (Å²) in [7, 11) is 1.09. The number of carbonyl (C=O) groups excluding carboxylic acids is 1. The molecule has 1 amide bonds. The van der Waals surface area contributed by atoms with Crippen molar-refractivity contribution in [3.8, 4) is 5.75 Å². The molecule has 0 spiro atoms. The number of hydrogen-bond acceptors (Lipinski definition) is 5. The van der Waals surface area contributed by atoms with Crippen LogP contribution in [-0.2, 0) is 10.0 Å². The van der Waals surface area contributed by atoms with Crippen molar-refractivity contribution < 1.29 is 17.9 Å². The van der Waals surface area contributed by atoms with Gasteiger partial charge in [0.2, 0.25) is 10.0 Å². The third-order valence-corrected chi connectivity index (χ3v) is 7.51. The van der Waals surface area contributed by atoms with Gasteiger partial charge in [-0.2, -0.15) is 0 Å². The molecular weight excluding hydrogens is 414 g/mol. The number of sulfonamides is 1. The van der Waals surface area contributed by atoms with Gasteiger partial charge in [0.1, 0.15) is 5.75 Å². The van der Waals surface area contributed by atoms with Crippen molar-refractivity contribution >= 4 is 15.9 Å². The highest BCUT2D eigenvalue weighted by molar-refractivity contribution is 7.89. The van der Waals surface area contributed by atoms with Gasteiger partial charge < -0.3 is 10.1 Å². The topological polar surface area (TPSA) is 78.9 Å². The molecule has 3 rings (SSSR count). The molecule has 0 bridgehead atoms. The van der Waals surface area contributed by atoms with Crippen LogP contribution >= 0.6 is 0 Å². The molecule has 2 aromatic carbocycles. The highest BCUT2D eigenvalue weighted by Gasteiger charge is 2.23. The van der Waals surface area contributed by atoms with Gasteiger partial charge in [-0.3, -0.25) is 9.69 Å². The van der Waals surface area contributed by atoms with E-state index in [4.69, 9.17) is 4.74 Å². The maximum atomic E-state index is 12.7. The highest BCUT2D eigenvalue weighted by Crippen LogP contribution is 2.26. The lowest BCUT2D eigenvalue weighted by Crippen LogP contribution is -2.40. The number of ether oxygens (including phenoxy) is 1. The minimum Gasteiger partial charge on any atom is -0.497 e. The van der Waals surface area contributed by atoms with E-state index >= 15 is 0 Å². The predicted octanol–water partition coefficient (Wildman–Crippen LogP) is 2.90. The summed E-state index contributed by atoms with van der Waals surface area (Å²) >= 11 is 0. The van der Waals surface area contributed by atoms with Gasteiger partial charge in [0, 0.05) is 26.2 Å². The van der Waals surface area contributed by atoms with E-state index in [1.54, 1.807) is 19.2 Å². The van der Waals surface area contributed by atoms with E-state index in [-0.39, 0.29) is 16.8 Å². The Hall–Kier alpha value is -2.42. The Morgan fingerprint density at radius 2 is 1.65 bits per heavy atom. The van der Waals surface area contributed by atoms with Crippen LogP contribution in [0.25, 0.3) is 0 Å². The Morgan fingerprint density at radius 1 is 1.03 bits per heavy atom. The van der Waals surface area contributed by atoms with Crippen LogP contribution in [-0.4, -0.2) is 64.4 Å². The largest absolute Gasteiger partial charge is 0.497 e. The van der Waals surface area contributed by atoms with Crippen LogP contribution in [0.4, 0.5) is 0 Å². The zero-order valence-electron chi connectivity index (χ0n) is 18.4. The first-order valence-electron chi connectivity index (χ1n) is 10.5. The van der Waals surface area contributed by atoms with Crippen molar-refractivity contribution in [1.29, 1.82) is 0 Å². The lowest BCUT2D eigenvalue weighted by molar-refractivity contribution is 0.0924. The lowest BCUT2D eigenvalue weighted by Gasteiger charge is -2.35. The average Bonchev–Trinajstić information content (AvgIpc) is 2.80. The zero-order chi connectivity index (χ0) is 22.4. The van der Waals surface area contributed by atoms with Crippen LogP contribution in [0.1, 0.15) is 41.2 Å². The Kier molecular flexibility index (Phi) is 7.69. The molecule has 1 aliphatic heterocycles. The second-order valence-corrected chi connectivity index (χ2v) is 10.1. The van der Waals surface area contributed by atoms with Gasteiger partial charge in [-0.25, -0.2) is 12.7 Å². The van der Waals surface area contributed by atoms with Crippen LogP contribution in [0, 0.1) is 0 Å². The smallest absolute Gasteiger partial charge is 0.251 e. The van der Waals surface area contributed by atoms with Gasteiger partial charge in [-0.1, -0.05) is 18.6 Å². The number of rotatable bonds is 8. The van der Waals surface area contributed by atoms with E-state index in [1.807, 2.05) is 24.3 Å². The number of piperidine rings is 1. The highest BCUT2D eigenvalue weighted by atomic mass is 32.2. The van der Waals surface area contributed by atoms with Crippen molar-refractivity contribution in [1.82, 2.24) is 14.5 Å².